The van der Waals surface area contributed by atoms with E-state index in [-0.39, 0.29) is 29.2 Å². The van der Waals surface area contributed by atoms with Gasteiger partial charge in [0.05, 0.1) is 5.60 Å². The van der Waals surface area contributed by atoms with Crippen LogP contribution in [0.2, 0.25) is 0 Å². The second kappa shape index (κ2) is 6.29. The Morgan fingerprint density at radius 1 is 0.941 bits per heavy atom. The average Bonchev–Trinajstić information content (AvgIpc) is 2.12. The van der Waals surface area contributed by atoms with Crippen LogP contribution >= 0.6 is 0 Å². The van der Waals surface area contributed by atoms with Crippen molar-refractivity contribution in [2.75, 3.05) is 6.61 Å². The predicted molar refractivity (Wildman–Crippen MR) is 69.0 cm³/mol. The number of hydrogen-bond donors (Lipinski definition) is 0. The molecule has 0 fully saturated rings. The lowest BCUT2D eigenvalue weighted by molar-refractivity contribution is -0.129. The first kappa shape index (κ1) is 16.3. The average molecular weight is 242 g/mol. The van der Waals surface area contributed by atoms with E-state index in [0.29, 0.717) is 19.3 Å². The van der Waals surface area contributed by atoms with Gasteiger partial charge < -0.3 is 4.74 Å². The first-order valence-electron chi connectivity index (χ1n) is 6.21. The van der Waals surface area contributed by atoms with E-state index in [2.05, 4.69) is 0 Å². The molecule has 17 heavy (non-hydrogen) atoms. The van der Waals surface area contributed by atoms with Gasteiger partial charge in [0.1, 0.15) is 12.4 Å². The van der Waals surface area contributed by atoms with Crippen LogP contribution in [0.5, 0.6) is 0 Å². The van der Waals surface area contributed by atoms with Gasteiger partial charge in [-0.15, -0.1) is 0 Å². The topological polar surface area (TPSA) is 43.4 Å². The van der Waals surface area contributed by atoms with Crippen molar-refractivity contribution >= 4 is 11.6 Å². The van der Waals surface area contributed by atoms with Gasteiger partial charge in [-0.25, -0.2) is 0 Å². The number of carbonyl (C=O) groups excluding carboxylic acids is 2. The third-order valence-corrected chi connectivity index (χ3v) is 2.36. The first-order valence-corrected chi connectivity index (χ1v) is 6.21. The Morgan fingerprint density at radius 3 is 1.88 bits per heavy atom. The molecule has 100 valence electrons. The molecule has 0 radical (unpaired) electrons. The fraction of sp³-hybridized carbons (Fsp3) is 0.857. The van der Waals surface area contributed by atoms with Crippen LogP contribution in [0.25, 0.3) is 0 Å². The fourth-order valence-electron chi connectivity index (χ4n) is 1.19. The van der Waals surface area contributed by atoms with Gasteiger partial charge in [-0.3, -0.25) is 9.59 Å². The SMILES string of the molecule is CC(C)(C)OCC(=O)CCCC(=O)C(C)(C)C. The van der Waals surface area contributed by atoms with Gasteiger partial charge in [0, 0.05) is 18.3 Å². The summed E-state index contributed by atoms with van der Waals surface area (Å²) in [6.07, 6.45) is 1.53. The molecule has 0 aromatic rings. The van der Waals surface area contributed by atoms with Crippen molar-refractivity contribution in [2.45, 2.75) is 66.4 Å². The zero-order valence-corrected chi connectivity index (χ0v) is 12.1. The van der Waals surface area contributed by atoms with Crippen molar-refractivity contribution in [3.63, 3.8) is 0 Å². The smallest absolute Gasteiger partial charge is 0.158 e. The Balaban J connectivity index is 3.77. The number of ether oxygens (including phenoxy) is 1. The predicted octanol–water partition coefficient (Wildman–Crippen LogP) is 3.16. The first-order chi connectivity index (χ1) is 7.52. The molecule has 0 saturated heterocycles. The highest BCUT2D eigenvalue weighted by atomic mass is 16.5. The maximum absolute atomic E-state index is 11.6. The van der Waals surface area contributed by atoms with E-state index < -0.39 is 0 Å². The van der Waals surface area contributed by atoms with Crippen molar-refractivity contribution in [2.24, 2.45) is 5.41 Å². The third kappa shape index (κ3) is 9.04. The minimum atomic E-state index is -0.301. The largest absolute Gasteiger partial charge is 0.368 e. The van der Waals surface area contributed by atoms with Crippen LogP contribution in [0.15, 0.2) is 0 Å². The van der Waals surface area contributed by atoms with Crippen LogP contribution in [0.1, 0.15) is 60.8 Å². The van der Waals surface area contributed by atoms with Crippen LogP contribution in [0, 0.1) is 5.41 Å². The van der Waals surface area contributed by atoms with Crippen LogP contribution in [0.4, 0.5) is 0 Å². The lowest BCUT2D eigenvalue weighted by atomic mass is 9.88. The number of Topliss-reactive ketones (excluding diaryl/α,β-unsaturated/α-hetero) is 2. The van der Waals surface area contributed by atoms with Crippen LogP contribution in [-0.2, 0) is 14.3 Å². The molecule has 0 aromatic carbocycles. The van der Waals surface area contributed by atoms with Crippen LogP contribution < -0.4 is 0 Å². The van der Waals surface area contributed by atoms with E-state index >= 15 is 0 Å². The zero-order valence-electron chi connectivity index (χ0n) is 12.1. The quantitative estimate of drug-likeness (QED) is 0.718. The maximum atomic E-state index is 11.6. The molecule has 3 heteroatoms. The van der Waals surface area contributed by atoms with Gasteiger partial charge in [-0.1, -0.05) is 20.8 Å². The Hall–Kier alpha value is -0.700. The minimum absolute atomic E-state index is 0.0710. The molecule has 0 atom stereocenters. The summed E-state index contributed by atoms with van der Waals surface area (Å²) in [7, 11) is 0. The van der Waals surface area contributed by atoms with E-state index in [4.69, 9.17) is 4.74 Å². The summed E-state index contributed by atoms with van der Waals surface area (Å²) in [5, 5.41) is 0. The van der Waals surface area contributed by atoms with Gasteiger partial charge in [0.15, 0.2) is 5.78 Å². The minimum Gasteiger partial charge on any atom is -0.368 e. The Labute approximate surface area is 105 Å². The molecular weight excluding hydrogens is 216 g/mol. The zero-order chi connectivity index (χ0) is 13.7. The molecule has 0 unspecified atom stereocenters. The lowest BCUT2D eigenvalue weighted by Gasteiger charge is -2.19. The van der Waals surface area contributed by atoms with Crippen molar-refractivity contribution < 1.29 is 14.3 Å². The summed E-state index contributed by atoms with van der Waals surface area (Å²) in [5.41, 5.74) is -0.582. The molecule has 0 N–H and O–H groups in total. The van der Waals surface area contributed by atoms with Crippen molar-refractivity contribution in [1.29, 1.82) is 0 Å². The molecule has 0 aliphatic heterocycles. The van der Waals surface area contributed by atoms with E-state index in [9.17, 15) is 9.59 Å². The van der Waals surface area contributed by atoms with Crippen molar-refractivity contribution in [3.8, 4) is 0 Å². The lowest BCUT2D eigenvalue weighted by Crippen LogP contribution is -2.24. The summed E-state index contributed by atoms with van der Waals surface area (Å²) < 4.78 is 5.38. The highest BCUT2D eigenvalue weighted by Gasteiger charge is 2.20. The Morgan fingerprint density at radius 2 is 1.47 bits per heavy atom. The van der Waals surface area contributed by atoms with Gasteiger partial charge in [-0.05, 0) is 27.2 Å². The van der Waals surface area contributed by atoms with E-state index in [0.717, 1.165) is 0 Å². The number of rotatable bonds is 6. The van der Waals surface area contributed by atoms with Gasteiger partial charge in [0.25, 0.3) is 0 Å². The molecule has 0 aliphatic rings. The summed E-state index contributed by atoms with van der Waals surface area (Å²) in [6.45, 7) is 11.6. The van der Waals surface area contributed by atoms with Crippen LogP contribution in [0.3, 0.4) is 0 Å². The number of ketones is 2. The Kier molecular flexibility index (Phi) is 6.03. The molecule has 3 nitrogen and oxygen atoms in total. The molecule has 0 saturated carbocycles. The van der Waals surface area contributed by atoms with E-state index in [1.807, 2.05) is 41.5 Å². The van der Waals surface area contributed by atoms with E-state index in [1.165, 1.54) is 0 Å². The molecule has 0 aromatic heterocycles. The summed E-state index contributed by atoms with van der Waals surface area (Å²) in [6, 6.07) is 0. The summed E-state index contributed by atoms with van der Waals surface area (Å²) in [4.78, 5) is 23.1. The highest BCUT2D eigenvalue weighted by molar-refractivity contribution is 5.84. The second-order valence-electron chi connectivity index (χ2n) is 6.47. The monoisotopic (exact) mass is 242 g/mol. The molecule has 0 rings (SSSR count). The normalized spacial score (nSPS) is 12.6. The van der Waals surface area contributed by atoms with Gasteiger partial charge in [0.2, 0.25) is 0 Å². The second-order valence-corrected chi connectivity index (χ2v) is 6.47. The Bertz CT molecular complexity index is 266. The van der Waals surface area contributed by atoms with Crippen molar-refractivity contribution in [1.82, 2.24) is 0 Å². The highest BCUT2D eigenvalue weighted by Crippen LogP contribution is 2.18. The molecule has 0 bridgehead atoms. The molecule has 0 aliphatic carbocycles. The van der Waals surface area contributed by atoms with E-state index in [1.54, 1.807) is 0 Å². The molecule has 0 heterocycles. The fourth-order valence-corrected chi connectivity index (χ4v) is 1.19. The van der Waals surface area contributed by atoms with Gasteiger partial charge >= 0.3 is 0 Å². The third-order valence-electron chi connectivity index (χ3n) is 2.36. The molecule has 0 amide bonds. The number of carbonyl (C=O) groups is 2. The van der Waals surface area contributed by atoms with Gasteiger partial charge in [-0.2, -0.15) is 0 Å². The standard InChI is InChI=1S/C14H26O3/c1-13(2,3)12(16)9-7-8-11(15)10-17-14(4,5)6/h7-10H2,1-6H3. The van der Waals surface area contributed by atoms with Crippen molar-refractivity contribution in [3.05, 3.63) is 0 Å². The van der Waals surface area contributed by atoms with Crippen LogP contribution in [-0.4, -0.2) is 23.8 Å². The molecular formula is C14H26O3. The maximum Gasteiger partial charge on any atom is 0.158 e. The summed E-state index contributed by atoms with van der Waals surface area (Å²) in [5.74, 6) is 0.281. The summed E-state index contributed by atoms with van der Waals surface area (Å²) >= 11 is 0. The number of hydrogen-bond acceptors (Lipinski definition) is 3. The molecule has 0 spiro atoms.